The van der Waals surface area contributed by atoms with Crippen LogP contribution in [-0.4, -0.2) is 32.8 Å². The highest BCUT2D eigenvalue weighted by molar-refractivity contribution is 7.73. The van der Waals surface area contributed by atoms with E-state index >= 15 is 0 Å². The molecule has 0 fully saturated rings. The molecule has 0 N–H and O–H groups in total. The second-order valence-corrected chi connectivity index (χ2v) is 18.2. The monoisotopic (exact) mass is 510 g/mol. The highest BCUT2D eigenvalue weighted by Gasteiger charge is 2.27. The summed E-state index contributed by atoms with van der Waals surface area (Å²) in [4.78, 5) is 0. The Bertz CT molecular complexity index is 716. The maximum atomic E-state index is 2.45. The van der Waals surface area contributed by atoms with Crippen molar-refractivity contribution >= 4 is 24.3 Å². The third-order valence-electron chi connectivity index (χ3n) is 7.53. The summed E-state index contributed by atoms with van der Waals surface area (Å²) in [5.41, 5.74) is 5.93. The fourth-order valence-corrected chi connectivity index (χ4v) is 5.42. The van der Waals surface area contributed by atoms with Gasteiger partial charge in [-0.15, -0.1) is 0 Å². The molecule has 0 aliphatic heterocycles. The summed E-state index contributed by atoms with van der Waals surface area (Å²) in [6.45, 7) is 18.2. The summed E-state index contributed by atoms with van der Waals surface area (Å²) in [6.07, 6.45) is 18.6. The first-order valence-corrected chi connectivity index (χ1v) is 18.8. The molecule has 2 heteroatoms. The van der Waals surface area contributed by atoms with Crippen LogP contribution in [-0.2, 0) is 0 Å². The quantitative estimate of drug-likeness (QED) is 0.120. The maximum absolute atomic E-state index is 2.45. The zero-order valence-electron chi connectivity index (χ0n) is 25.5. The second kappa shape index (κ2) is 18.2. The van der Waals surface area contributed by atoms with E-state index in [0.29, 0.717) is 0 Å². The topological polar surface area (TPSA) is 0 Å². The Kier molecular flexibility index (Phi) is 16.7. The van der Waals surface area contributed by atoms with Crippen molar-refractivity contribution < 1.29 is 0 Å². The van der Waals surface area contributed by atoms with Gasteiger partial charge >= 0.3 is 0 Å². The summed E-state index contributed by atoms with van der Waals surface area (Å²) in [6, 6.07) is 19.1. The molecule has 2 aromatic rings. The van der Waals surface area contributed by atoms with Crippen LogP contribution in [0.4, 0.5) is 0 Å². The van der Waals surface area contributed by atoms with Gasteiger partial charge in [0.25, 0.3) is 0 Å². The molecule has 0 radical (unpaired) electrons. The molecule has 0 aliphatic carbocycles. The number of aryl methyl sites for hydroxylation is 2. The van der Waals surface area contributed by atoms with Gasteiger partial charge in [-0.2, -0.15) is 12.6 Å². The molecule has 0 atom stereocenters. The predicted molar refractivity (Wildman–Crippen MR) is 174 cm³/mol. The van der Waals surface area contributed by atoms with Crippen molar-refractivity contribution in [2.45, 2.75) is 117 Å². The fraction of sp³-hybridized carbons (Fsp3) is 0.647. The highest BCUT2D eigenvalue weighted by Crippen LogP contribution is 2.40. The lowest BCUT2D eigenvalue weighted by molar-refractivity contribution is 0.616. The number of unbranched alkanes of at least 4 members (excludes halogenated alkanes) is 10. The van der Waals surface area contributed by atoms with Crippen LogP contribution in [0.25, 0.3) is 0 Å². The average molecular weight is 511 g/mol. The van der Waals surface area contributed by atoms with Crippen molar-refractivity contribution in [3.8, 4) is 0 Å². The third kappa shape index (κ3) is 14.0. The molecule has 204 valence electrons. The fourth-order valence-electron chi connectivity index (χ4n) is 5.42. The normalized spacial score (nSPS) is 11.8. The minimum absolute atomic E-state index is 0.389. The Labute approximate surface area is 227 Å². The van der Waals surface area contributed by atoms with Crippen LogP contribution in [0.3, 0.4) is 0 Å². The van der Waals surface area contributed by atoms with E-state index in [1.807, 2.05) is 0 Å². The van der Waals surface area contributed by atoms with E-state index in [4.69, 9.17) is 0 Å². The summed E-state index contributed by atoms with van der Waals surface area (Å²) >= 11 is 0. The number of hydrogen-bond donors (Lipinski definition) is 0. The van der Waals surface area contributed by atoms with Crippen LogP contribution >= 0.6 is 7.26 Å². The van der Waals surface area contributed by atoms with E-state index in [0.717, 1.165) is 0 Å². The molecule has 0 amide bonds. The van der Waals surface area contributed by atoms with Crippen LogP contribution < -0.4 is 10.9 Å². The Morgan fingerprint density at radius 3 is 1.06 bits per heavy atom. The molecule has 0 spiro atoms. The minimum Gasteiger partial charge on any atom is -0.205 e. The molecule has 36 heavy (non-hydrogen) atoms. The van der Waals surface area contributed by atoms with Gasteiger partial charge in [-0.1, -0.05) is 151 Å². The zero-order valence-corrected chi connectivity index (χ0v) is 26.4. The second-order valence-electron chi connectivity index (χ2n) is 12.9. The molecule has 0 nitrogen and oxygen atoms in total. The molecule has 0 heterocycles. The van der Waals surface area contributed by atoms with Crippen molar-refractivity contribution in [3.63, 3.8) is 0 Å². The lowest BCUT2D eigenvalue weighted by Gasteiger charge is -2.43. The Balaban J connectivity index is 0.00000118. The van der Waals surface area contributed by atoms with Gasteiger partial charge in [0, 0.05) is 33.9 Å². The Morgan fingerprint density at radius 2 is 0.750 bits per heavy atom. The van der Waals surface area contributed by atoms with Crippen molar-refractivity contribution in [2.75, 3.05) is 26.7 Å². The highest BCUT2D eigenvalue weighted by atomic mass is 31.2. The lowest BCUT2D eigenvalue weighted by Crippen LogP contribution is -2.58. The van der Waals surface area contributed by atoms with Gasteiger partial charge in [0.2, 0.25) is 0 Å². The molecule has 2 aromatic carbocycles. The molecule has 0 saturated carbocycles. The Hall–Kier alpha value is -1.07. The van der Waals surface area contributed by atoms with Crippen LogP contribution in [0, 0.1) is 13.8 Å². The SMILES string of the molecule is CCCCCCCC[B-](CCCCCCCC)(c1ccc(C)cc1)c1ccc(C)cc1.C[P+](C)(C)C. The van der Waals surface area contributed by atoms with E-state index in [2.05, 4.69) is 103 Å². The van der Waals surface area contributed by atoms with E-state index in [-0.39, 0.29) is 7.26 Å². The molecule has 0 bridgehead atoms. The summed E-state index contributed by atoms with van der Waals surface area (Å²) < 4.78 is 0. The van der Waals surface area contributed by atoms with Crippen molar-refractivity contribution in [1.29, 1.82) is 0 Å². The van der Waals surface area contributed by atoms with E-state index in [9.17, 15) is 0 Å². The molecular formula is C34H60BP. The van der Waals surface area contributed by atoms with Crippen LogP contribution in [0.1, 0.15) is 102 Å². The molecule has 2 rings (SSSR count). The average Bonchev–Trinajstić information content (AvgIpc) is 2.82. The van der Waals surface area contributed by atoms with Crippen LogP contribution in [0.5, 0.6) is 0 Å². The number of rotatable bonds is 16. The van der Waals surface area contributed by atoms with Crippen molar-refractivity contribution in [3.05, 3.63) is 59.7 Å². The van der Waals surface area contributed by atoms with Gasteiger partial charge in [0.05, 0.1) is 6.15 Å². The molecular weight excluding hydrogens is 450 g/mol. The molecule has 0 aromatic heterocycles. The summed E-state index contributed by atoms with van der Waals surface area (Å²) in [7, 11) is -0.389. The predicted octanol–water partition coefficient (Wildman–Crippen LogP) is 10.1. The summed E-state index contributed by atoms with van der Waals surface area (Å²) in [5, 5.41) is 0. The first-order chi connectivity index (χ1) is 17.1. The third-order valence-corrected chi connectivity index (χ3v) is 7.53. The van der Waals surface area contributed by atoms with Gasteiger partial charge in [0.15, 0.2) is 0 Å². The van der Waals surface area contributed by atoms with Gasteiger partial charge in [-0.3, -0.25) is 0 Å². The number of hydrogen-bond acceptors (Lipinski definition) is 0. The standard InChI is InChI=1S/C30H48B.C4H12P/c1-5-7-9-11-13-15-25-31(26-16-14-12-10-8-6-2,29-21-17-27(3)18-22-29)30-23-19-28(4)20-24-30;1-5(2,3)4/h17-24H,5-16,25-26H2,1-4H3;1-4H3/q-1;+1. The zero-order chi connectivity index (χ0) is 26.9. The molecule has 0 aliphatic rings. The first kappa shape index (κ1) is 33.0. The first-order valence-electron chi connectivity index (χ1n) is 15.2. The van der Waals surface area contributed by atoms with E-state index in [1.54, 1.807) is 10.9 Å². The van der Waals surface area contributed by atoms with Gasteiger partial charge in [-0.25, -0.2) is 10.9 Å². The number of benzene rings is 2. The van der Waals surface area contributed by atoms with E-state index in [1.165, 1.54) is 101 Å². The van der Waals surface area contributed by atoms with Crippen LogP contribution in [0.15, 0.2) is 48.5 Å². The van der Waals surface area contributed by atoms with Gasteiger partial charge in [-0.05, 0) is 13.8 Å². The van der Waals surface area contributed by atoms with Crippen molar-refractivity contribution in [2.24, 2.45) is 0 Å². The van der Waals surface area contributed by atoms with Crippen molar-refractivity contribution in [1.82, 2.24) is 0 Å². The van der Waals surface area contributed by atoms with E-state index < -0.39 is 6.15 Å². The molecule has 0 saturated heterocycles. The van der Waals surface area contributed by atoms with Crippen LogP contribution in [0.2, 0.25) is 12.6 Å². The smallest absolute Gasteiger partial charge is 0.0544 e. The molecule has 0 unspecified atom stereocenters. The minimum atomic E-state index is -0.689. The van der Waals surface area contributed by atoms with Gasteiger partial charge < -0.3 is 0 Å². The Morgan fingerprint density at radius 1 is 0.472 bits per heavy atom. The summed E-state index contributed by atoms with van der Waals surface area (Å²) in [5.74, 6) is 0. The largest absolute Gasteiger partial charge is 0.205 e. The van der Waals surface area contributed by atoms with Gasteiger partial charge in [0.1, 0.15) is 0 Å². The maximum Gasteiger partial charge on any atom is 0.0544 e. The lowest BCUT2D eigenvalue weighted by atomic mass is 9.15.